The Kier molecular flexibility index (Phi) is 4.08. The molecule has 0 spiro atoms. The van der Waals surface area contributed by atoms with E-state index in [0.29, 0.717) is 0 Å². The summed E-state index contributed by atoms with van der Waals surface area (Å²) in [6, 6.07) is 34.7. The van der Waals surface area contributed by atoms with E-state index in [1.54, 1.807) is 0 Å². The Labute approximate surface area is 194 Å². The number of furan rings is 1. The molecule has 0 saturated heterocycles. The van der Waals surface area contributed by atoms with Crippen molar-refractivity contribution in [2.45, 2.75) is 0 Å². The van der Waals surface area contributed by atoms with Crippen LogP contribution in [0.3, 0.4) is 0 Å². The Morgan fingerprint density at radius 2 is 1.32 bits per heavy atom. The number of aromatic nitrogens is 4. The van der Waals surface area contributed by atoms with Crippen LogP contribution >= 0.6 is 0 Å². The molecule has 0 aliphatic heterocycles. The van der Waals surface area contributed by atoms with E-state index in [1.165, 1.54) is 0 Å². The van der Waals surface area contributed by atoms with Crippen LogP contribution in [0.15, 0.2) is 108 Å². The Hall–Kier alpha value is -4.77. The molecule has 7 rings (SSSR count). The molecule has 0 aliphatic rings. The first-order chi connectivity index (χ1) is 16.9. The summed E-state index contributed by atoms with van der Waals surface area (Å²) in [7, 11) is 0. The van der Waals surface area contributed by atoms with E-state index >= 15 is 0 Å². The topological polar surface area (TPSA) is 67.6 Å². The van der Waals surface area contributed by atoms with Crippen LogP contribution in [-0.4, -0.2) is 20.4 Å². The Morgan fingerprint density at radius 1 is 0.618 bits per heavy atom. The highest BCUT2D eigenvalue weighted by Crippen LogP contribution is 2.40. The maximum Gasteiger partial charge on any atom is 0.137 e. The molecule has 160 valence electrons. The van der Waals surface area contributed by atoms with Gasteiger partial charge in [-0.25, -0.2) is 0 Å². The zero-order chi connectivity index (χ0) is 22.5. The predicted octanol–water partition coefficient (Wildman–Crippen LogP) is 7.25. The number of benzene rings is 4. The van der Waals surface area contributed by atoms with Crippen LogP contribution in [0.2, 0.25) is 0 Å². The van der Waals surface area contributed by atoms with Gasteiger partial charge in [0.05, 0.1) is 16.6 Å². The second-order valence-corrected chi connectivity index (χ2v) is 8.28. The first-order valence-corrected chi connectivity index (χ1v) is 11.1. The molecule has 0 fully saturated rings. The fraction of sp³-hybridized carbons (Fsp3) is 0. The van der Waals surface area contributed by atoms with E-state index in [9.17, 15) is 0 Å². The lowest BCUT2D eigenvalue weighted by molar-refractivity contribution is 0.669. The number of nitrogens with one attached hydrogen (secondary N) is 1. The van der Waals surface area contributed by atoms with Gasteiger partial charge in [-0.2, -0.15) is 0 Å². The minimum atomic E-state index is 0.761. The van der Waals surface area contributed by atoms with Crippen molar-refractivity contribution in [3.63, 3.8) is 0 Å². The zero-order valence-corrected chi connectivity index (χ0v) is 18.1. The molecule has 0 amide bonds. The van der Waals surface area contributed by atoms with Crippen molar-refractivity contribution < 1.29 is 4.42 Å². The van der Waals surface area contributed by atoms with Crippen LogP contribution in [0.1, 0.15) is 0 Å². The van der Waals surface area contributed by atoms with Crippen LogP contribution in [0, 0.1) is 0 Å². The Bertz CT molecular complexity index is 1800. The standard InChI is InChI=1S/C29H18N4O/c1-3-9-18(10-4-1)25-28(19-11-5-2-6-12-19)31-33-32-29(25)22-17-20-15-16-24-26(27(20)30-22)21-13-7-8-14-23(21)34-24/h1-17,30H. The van der Waals surface area contributed by atoms with Gasteiger partial charge in [0, 0.05) is 21.9 Å². The van der Waals surface area contributed by atoms with Crippen molar-refractivity contribution in [1.82, 2.24) is 20.4 Å². The molecule has 0 radical (unpaired) electrons. The molecule has 0 bridgehead atoms. The summed E-state index contributed by atoms with van der Waals surface area (Å²) in [5.41, 5.74) is 8.19. The second-order valence-electron chi connectivity index (χ2n) is 8.28. The van der Waals surface area contributed by atoms with Crippen LogP contribution in [0.4, 0.5) is 0 Å². The van der Waals surface area contributed by atoms with Crippen molar-refractivity contribution in [1.29, 1.82) is 0 Å². The number of aromatic amines is 1. The van der Waals surface area contributed by atoms with E-state index in [4.69, 9.17) is 4.42 Å². The Morgan fingerprint density at radius 3 is 2.15 bits per heavy atom. The van der Waals surface area contributed by atoms with Gasteiger partial charge in [0.1, 0.15) is 22.6 Å². The van der Waals surface area contributed by atoms with Gasteiger partial charge in [-0.15, -0.1) is 10.2 Å². The molecule has 3 aromatic heterocycles. The highest BCUT2D eigenvalue weighted by atomic mass is 16.3. The maximum atomic E-state index is 6.09. The van der Waals surface area contributed by atoms with Crippen LogP contribution in [-0.2, 0) is 0 Å². The zero-order valence-electron chi connectivity index (χ0n) is 18.1. The SMILES string of the molecule is c1ccc(-c2nnnc(-c3cc4ccc5oc6ccccc6c5c4[nH]3)c2-c2ccccc2)cc1. The molecule has 0 atom stereocenters. The lowest BCUT2D eigenvalue weighted by atomic mass is 9.97. The summed E-state index contributed by atoms with van der Waals surface area (Å²) in [4.78, 5) is 3.63. The summed E-state index contributed by atoms with van der Waals surface area (Å²) in [5, 5.41) is 16.4. The number of rotatable bonds is 3. The smallest absolute Gasteiger partial charge is 0.137 e. The van der Waals surface area contributed by atoms with Crippen molar-refractivity contribution in [3.05, 3.63) is 103 Å². The number of nitrogens with zero attached hydrogens (tertiary/aromatic N) is 3. The van der Waals surface area contributed by atoms with Crippen LogP contribution < -0.4 is 0 Å². The van der Waals surface area contributed by atoms with Crippen molar-refractivity contribution in [3.8, 4) is 33.8 Å². The van der Waals surface area contributed by atoms with Crippen LogP contribution in [0.5, 0.6) is 0 Å². The minimum absolute atomic E-state index is 0.761. The molecule has 0 unspecified atom stereocenters. The molecule has 0 saturated carbocycles. The van der Waals surface area contributed by atoms with Gasteiger partial charge >= 0.3 is 0 Å². The van der Waals surface area contributed by atoms with Gasteiger partial charge in [-0.05, 0) is 35.0 Å². The lowest BCUT2D eigenvalue weighted by Crippen LogP contribution is -2.00. The van der Waals surface area contributed by atoms with Crippen molar-refractivity contribution >= 4 is 32.8 Å². The molecule has 3 heterocycles. The van der Waals surface area contributed by atoms with E-state index < -0.39 is 0 Å². The van der Waals surface area contributed by atoms with E-state index in [1.807, 2.05) is 72.8 Å². The van der Waals surface area contributed by atoms with Crippen molar-refractivity contribution in [2.75, 3.05) is 0 Å². The fourth-order valence-corrected chi connectivity index (χ4v) is 4.73. The van der Waals surface area contributed by atoms with E-state index in [0.717, 1.165) is 66.6 Å². The molecule has 7 aromatic rings. The third-order valence-corrected chi connectivity index (χ3v) is 6.26. The molecule has 1 N–H and O–H groups in total. The molecule has 5 nitrogen and oxygen atoms in total. The molecular weight excluding hydrogens is 420 g/mol. The van der Waals surface area contributed by atoms with Gasteiger partial charge < -0.3 is 9.40 Å². The summed E-state index contributed by atoms with van der Waals surface area (Å²) < 4.78 is 6.09. The molecule has 5 heteroatoms. The van der Waals surface area contributed by atoms with Gasteiger partial charge in [0.25, 0.3) is 0 Å². The Balaban J connectivity index is 1.53. The largest absolute Gasteiger partial charge is 0.456 e. The van der Waals surface area contributed by atoms with E-state index in [-0.39, 0.29) is 0 Å². The highest BCUT2D eigenvalue weighted by Gasteiger charge is 2.20. The third kappa shape index (κ3) is 2.84. The highest BCUT2D eigenvalue weighted by molar-refractivity contribution is 6.18. The number of H-pyrrole nitrogens is 1. The van der Waals surface area contributed by atoms with Crippen LogP contribution in [0.25, 0.3) is 66.6 Å². The fourth-order valence-electron chi connectivity index (χ4n) is 4.73. The average molecular weight is 438 g/mol. The lowest BCUT2D eigenvalue weighted by Gasteiger charge is -2.11. The van der Waals surface area contributed by atoms with Gasteiger partial charge in [0.15, 0.2) is 0 Å². The first-order valence-electron chi connectivity index (χ1n) is 11.1. The molecule has 0 aliphatic carbocycles. The number of hydrogen-bond acceptors (Lipinski definition) is 4. The maximum absolute atomic E-state index is 6.09. The van der Waals surface area contributed by atoms with E-state index in [2.05, 4.69) is 50.7 Å². The predicted molar refractivity (Wildman–Crippen MR) is 135 cm³/mol. The van der Waals surface area contributed by atoms with Crippen molar-refractivity contribution in [2.24, 2.45) is 0 Å². The summed E-state index contributed by atoms with van der Waals surface area (Å²) in [6.07, 6.45) is 0. The third-order valence-electron chi connectivity index (χ3n) is 6.26. The van der Waals surface area contributed by atoms with Gasteiger partial charge in [-0.1, -0.05) is 78.9 Å². The monoisotopic (exact) mass is 438 g/mol. The summed E-state index contributed by atoms with van der Waals surface area (Å²) in [5.74, 6) is 0. The number of para-hydroxylation sites is 1. The normalized spacial score (nSPS) is 11.5. The second kappa shape index (κ2) is 7.39. The van der Waals surface area contributed by atoms with Gasteiger partial charge in [-0.3, -0.25) is 0 Å². The summed E-state index contributed by atoms with van der Waals surface area (Å²) in [6.45, 7) is 0. The van der Waals surface area contributed by atoms with Gasteiger partial charge in [0.2, 0.25) is 0 Å². The minimum Gasteiger partial charge on any atom is -0.456 e. The molecule has 4 aromatic carbocycles. The average Bonchev–Trinajstić information content (AvgIpc) is 3.50. The molecular formula is C29H18N4O. The first kappa shape index (κ1) is 18.8. The molecule has 34 heavy (non-hydrogen) atoms. The summed E-state index contributed by atoms with van der Waals surface area (Å²) >= 11 is 0. The number of hydrogen-bond donors (Lipinski definition) is 1. The number of fused-ring (bicyclic) bond motifs is 5. The quantitative estimate of drug-likeness (QED) is 0.315.